The first-order chi connectivity index (χ1) is 13.9. The monoisotopic (exact) mass is 395 g/mol. The fraction of sp³-hybridized carbons (Fsp3) is 0.100. The highest BCUT2D eigenvalue weighted by Crippen LogP contribution is 2.43. The summed E-state index contributed by atoms with van der Waals surface area (Å²) < 4.78 is 18.6. The van der Waals surface area contributed by atoms with Crippen LogP contribution in [0, 0.1) is 5.82 Å². The van der Waals surface area contributed by atoms with Crippen LogP contribution in [-0.2, 0) is 11.3 Å². The number of rotatable bonds is 5. The Morgan fingerprint density at radius 2 is 1.83 bits per heavy atom. The number of halogens is 1. The standard InChI is InChI=1S/C20H14FN3O5/c21-11-5-3-10(4-6-11)8-24-19(27)14-15(20(24)28)18(29-9-13(22)25)12-2-1-7-23-16(12)17(14)26/h1-7,26H,8-9H2,(H2,22,25). The quantitative estimate of drug-likeness (QED) is 0.635. The highest BCUT2D eigenvalue weighted by Gasteiger charge is 2.42. The molecule has 0 spiro atoms. The number of phenols is 1. The van der Waals surface area contributed by atoms with Gasteiger partial charge in [-0.2, -0.15) is 0 Å². The molecule has 0 atom stereocenters. The van der Waals surface area contributed by atoms with Gasteiger partial charge in [0.1, 0.15) is 22.6 Å². The lowest BCUT2D eigenvalue weighted by atomic mass is 10.0. The summed E-state index contributed by atoms with van der Waals surface area (Å²) in [5.74, 6) is -3.20. The van der Waals surface area contributed by atoms with E-state index in [-0.39, 0.29) is 34.3 Å². The summed E-state index contributed by atoms with van der Waals surface area (Å²) in [6, 6.07) is 8.42. The van der Waals surface area contributed by atoms with Gasteiger partial charge in [0.15, 0.2) is 12.4 Å². The van der Waals surface area contributed by atoms with E-state index in [0.717, 1.165) is 4.90 Å². The van der Waals surface area contributed by atoms with E-state index in [1.165, 1.54) is 30.5 Å². The van der Waals surface area contributed by atoms with Crippen molar-refractivity contribution in [1.82, 2.24) is 9.88 Å². The van der Waals surface area contributed by atoms with Crippen LogP contribution < -0.4 is 10.5 Å². The van der Waals surface area contributed by atoms with E-state index in [4.69, 9.17) is 10.5 Å². The van der Waals surface area contributed by atoms with E-state index in [0.29, 0.717) is 5.56 Å². The highest BCUT2D eigenvalue weighted by molar-refractivity contribution is 6.26. The zero-order valence-electron chi connectivity index (χ0n) is 14.9. The molecule has 4 rings (SSSR count). The molecule has 0 bridgehead atoms. The third-order valence-electron chi connectivity index (χ3n) is 4.52. The number of amides is 3. The second-order valence-corrected chi connectivity index (χ2v) is 6.41. The number of primary amides is 1. The molecule has 1 aliphatic rings. The first kappa shape index (κ1) is 18.4. The van der Waals surface area contributed by atoms with Crippen molar-refractivity contribution in [2.24, 2.45) is 5.73 Å². The predicted molar refractivity (Wildman–Crippen MR) is 98.7 cm³/mol. The van der Waals surface area contributed by atoms with Crippen LogP contribution in [0.4, 0.5) is 4.39 Å². The van der Waals surface area contributed by atoms with Crippen molar-refractivity contribution in [2.45, 2.75) is 6.54 Å². The first-order valence-electron chi connectivity index (χ1n) is 8.54. The maximum atomic E-state index is 13.1. The molecule has 3 amide bonds. The Morgan fingerprint density at radius 1 is 1.14 bits per heavy atom. The van der Waals surface area contributed by atoms with Crippen LogP contribution in [-0.4, -0.2) is 39.3 Å². The van der Waals surface area contributed by atoms with E-state index < -0.39 is 35.9 Å². The molecule has 3 aromatic rings. The van der Waals surface area contributed by atoms with Gasteiger partial charge in [0.25, 0.3) is 17.7 Å². The number of phenolic OH excluding ortho intramolecular Hbond substituents is 1. The lowest BCUT2D eigenvalue weighted by molar-refractivity contribution is -0.119. The highest BCUT2D eigenvalue weighted by atomic mass is 19.1. The number of aromatic nitrogens is 1. The molecule has 0 saturated carbocycles. The SMILES string of the molecule is NC(=O)COc1c2c(c(O)c3ncccc13)C(=O)N(Cc1ccc(F)cc1)C2=O. The predicted octanol–water partition coefficient (Wildman–Crippen LogP) is 1.74. The number of hydrogen-bond donors (Lipinski definition) is 2. The molecular formula is C20H14FN3O5. The van der Waals surface area contributed by atoms with Crippen LogP contribution in [0.3, 0.4) is 0 Å². The lowest BCUT2D eigenvalue weighted by Crippen LogP contribution is -2.29. The zero-order chi connectivity index (χ0) is 20.7. The number of aromatic hydroxyl groups is 1. The van der Waals surface area contributed by atoms with Gasteiger partial charge in [0.05, 0.1) is 12.1 Å². The van der Waals surface area contributed by atoms with Crippen LogP contribution in [0.5, 0.6) is 11.5 Å². The molecule has 3 N–H and O–H groups in total. The number of nitrogens with two attached hydrogens (primary N) is 1. The number of pyridine rings is 1. The minimum Gasteiger partial charge on any atom is -0.505 e. The molecule has 0 saturated heterocycles. The van der Waals surface area contributed by atoms with Gasteiger partial charge >= 0.3 is 0 Å². The van der Waals surface area contributed by atoms with Gasteiger partial charge in [0.2, 0.25) is 0 Å². The summed E-state index contributed by atoms with van der Waals surface area (Å²) in [6.45, 7) is -0.661. The average Bonchev–Trinajstić information content (AvgIpc) is 2.94. The van der Waals surface area contributed by atoms with Crippen molar-refractivity contribution in [3.8, 4) is 11.5 Å². The van der Waals surface area contributed by atoms with Gasteiger partial charge in [-0.1, -0.05) is 12.1 Å². The van der Waals surface area contributed by atoms with Crippen LogP contribution in [0.1, 0.15) is 26.3 Å². The Hall–Kier alpha value is -4.01. The van der Waals surface area contributed by atoms with Gasteiger partial charge in [-0.25, -0.2) is 4.39 Å². The summed E-state index contributed by atoms with van der Waals surface area (Å²) in [5, 5.41) is 10.9. The molecular weight excluding hydrogens is 381 g/mol. The van der Waals surface area contributed by atoms with Gasteiger partial charge < -0.3 is 15.6 Å². The molecule has 29 heavy (non-hydrogen) atoms. The molecule has 146 valence electrons. The Kier molecular flexibility index (Phi) is 4.34. The minimum atomic E-state index is -0.774. The fourth-order valence-corrected chi connectivity index (χ4v) is 3.25. The number of hydrogen-bond acceptors (Lipinski definition) is 6. The number of imide groups is 1. The van der Waals surface area contributed by atoms with Crippen LogP contribution in [0.15, 0.2) is 42.6 Å². The van der Waals surface area contributed by atoms with Crippen molar-refractivity contribution >= 4 is 28.6 Å². The Morgan fingerprint density at radius 3 is 2.52 bits per heavy atom. The van der Waals surface area contributed by atoms with Crippen molar-refractivity contribution < 1.29 is 28.6 Å². The summed E-state index contributed by atoms with van der Waals surface area (Å²) in [4.78, 5) is 42.1. The minimum absolute atomic E-state index is 0.0514. The molecule has 0 fully saturated rings. The molecule has 0 unspecified atom stereocenters. The van der Waals surface area contributed by atoms with Crippen molar-refractivity contribution in [1.29, 1.82) is 0 Å². The summed E-state index contributed by atoms with van der Waals surface area (Å²) >= 11 is 0. The Bertz CT molecular complexity index is 1180. The summed E-state index contributed by atoms with van der Waals surface area (Å²) in [5.41, 5.74) is 5.28. The number of carbonyl (C=O) groups excluding carboxylic acids is 3. The molecule has 9 heteroatoms. The van der Waals surface area contributed by atoms with Gasteiger partial charge in [0, 0.05) is 11.6 Å². The maximum Gasteiger partial charge on any atom is 0.265 e. The van der Waals surface area contributed by atoms with Gasteiger partial charge in [-0.3, -0.25) is 24.3 Å². The van der Waals surface area contributed by atoms with E-state index >= 15 is 0 Å². The molecule has 1 aliphatic heterocycles. The smallest absolute Gasteiger partial charge is 0.265 e. The second-order valence-electron chi connectivity index (χ2n) is 6.41. The molecule has 1 aromatic heterocycles. The molecule has 2 heterocycles. The Balaban J connectivity index is 1.85. The number of ether oxygens (including phenoxy) is 1. The van der Waals surface area contributed by atoms with Crippen LogP contribution in [0.2, 0.25) is 0 Å². The van der Waals surface area contributed by atoms with E-state index in [9.17, 15) is 23.9 Å². The number of nitrogens with zero attached hydrogens (tertiary/aromatic N) is 2. The normalized spacial score (nSPS) is 13.1. The first-order valence-corrected chi connectivity index (χ1v) is 8.54. The number of benzene rings is 2. The molecule has 8 nitrogen and oxygen atoms in total. The van der Waals surface area contributed by atoms with Gasteiger partial charge in [-0.05, 0) is 29.8 Å². The number of carbonyl (C=O) groups is 3. The third-order valence-corrected chi connectivity index (χ3v) is 4.52. The van der Waals surface area contributed by atoms with Crippen molar-refractivity contribution in [3.63, 3.8) is 0 Å². The molecule has 0 radical (unpaired) electrons. The topological polar surface area (TPSA) is 123 Å². The Labute approximate surface area is 163 Å². The fourth-order valence-electron chi connectivity index (χ4n) is 3.25. The van der Waals surface area contributed by atoms with Gasteiger partial charge in [-0.15, -0.1) is 0 Å². The molecule has 0 aliphatic carbocycles. The average molecular weight is 395 g/mol. The van der Waals surface area contributed by atoms with Crippen molar-refractivity contribution in [3.05, 3.63) is 65.1 Å². The second kappa shape index (κ2) is 6.86. The van der Waals surface area contributed by atoms with E-state index in [1.54, 1.807) is 12.1 Å². The molecule has 2 aromatic carbocycles. The summed E-state index contributed by atoms with van der Waals surface area (Å²) in [7, 11) is 0. The zero-order valence-corrected chi connectivity index (χ0v) is 14.9. The lowest BCUT2D eigenvalue weighted by Gasteiger charge is -2.14. The van der Waals surface area contributed by atoms with Crippen LogP contribution in [0.25, 0.3) is 10.9 Å². The number of fused-ring (bicyclic) bond motifs is 2. The maximum absolute atomic E-state index is 13.1. The van der Waals surface area contributed by atoms with Crippen LogP contribution >= 0.6 is 0 Å². The largest absolute Gasteiger partial charge is 0.505 e. The van der Waals surface area contributed by atoms with Crippen molar-refractivity contribution in [2.75, 3.05) is 6.61 Å². The van der Waals surface area contributed by atoms with E-state index in [2.05, 4.69) is 4.98 Å². The third kappa shape index (κ3) is 3.02. The summed E-state index contributed by atoms with van der Waals surface area (Å²) in [6.07, 6.45) is 1.41. The van der Waals surface area contributed by atoms with E-state index in [1.807, 2.05) is 0 Å².